The molecule has 88 valence electrons. The molecule has 0 atom stereocenters. The highest BCUT2D eigenvalue weighted by atomic mass is 16.4. The summed E-state index contributed by atoms with van der Waals surface area (Å²) in [6, 6.07) is 3.34. The summed E-state index contributed by atoms with van der Waals surface area (Å²) >= 11 is 0. The fraction of sp³-hybridized carbons (Fsp3) is 0.200. The zero-order valence-corrected chi connectivity index (χ0v) is 9.03. The molecule has 0 amide bonds. The van der Waals surface area contributed by atoms with Crippen LogP contribution in [0.2, 0.25) is 0 Å². The van der Waals surface area contributed by atoms with Gasteiger partial charge in [-0.2, -0.15) is 10.4 Å². The number of aromatic nitrogens is 3. The summed E-state index contributed by atoms with van der Waals surface area (Å²) in [7, 11) is 0. The summed E-state index contributed by atoms with van der Waals surface area (Å²) in [5.41, 5.74) is 1.03. The smallest absolute Gasteiger partial charge is 0.338 e. The highest BCUT2D eigenvalue weighted by molar-refractivity contribution is 5.87. The quantitative estimate of drug-likeness (QED) is 0.780. The number of rotatable bonds is 2. The molecule has 2 aromatic rings. The number of aliphatic hydroxyl groups is 1. The first-order valence-electron chi connectivity index (χ1n) is 4.61. The van der Waals surface area contributed by atoms with Crippen molar-refractivity contribution in [3.8, 4) is 6.07 Å². The van der Waals surface area contributed by atoms with Crippen LogP contribution in [0.3, 0.4) is 0 Å². The Bertz CT molecular complexity index is 570. The van der Waals surface area contributed by atoms with Crippen LogP contribution < -0.4 is 0 Å². The molecule has 7 nitrogen and oxygen atoms in total. The van der Waals surface area contributed by atoms with Crippen molar-refractivity contribution < 1.29 is 15.0 Å². The number of hydrogen-bond acceptors (Lipinski definition) is 5. The van der Waals surface area contributed by atoms with E-state index in [1.807, 2.05) is 0 Å². The van der Waals surface area contributed by atoms with Crippen LogP contribution in [-0.2, 0) is 6.61 Å². The molecular formula is C10H10N4O3. The first-order valence-corrected chi connectivity index (χ1v) is 4.61. The Kier molecular flexibility index (Phi) is 4.14. The van der Waals surface area contributed by atoms with Gasteiger partial charge in [0, 0.05) is 25.4 Å². The fourth-order valence-corrected chi connectivity index (χ4v) is 1.11. The van der Waals surface area contributed by atoms with E-state index >= 15 is 0 Å². The minimum absolute atomic E-state index is 0.0603. The third kappa shape index (κ3) is 2.99. The molecular weight excluding hydrogens is 224 g/mol. The van der Waals surface area contributed by atoms with Crippen LogP contribution in [-0.4, -0.2) is 30.8 Å². The van der Waals surface area contributed by atoms with Crippen LogP contribution in [0.5, 0.6) is 0 Å². The molecule has 0 fully saturated rings. The summed E-state index contributed by atoms with van der Waals surface area (Å²) in [5, 5.41) is 28.7. The van der Waals surface area contributed by atoms with E-state index in [1.165, 1.54) is 23.8 Å². The average Bonchev–Trinajstić information content (AvgIpc) is 2.71. The summed E-state index contributed by atoms with van der Waals surface area (Å²) in [4.78, 5) is 14.5. The molecule has 2 N–H and O–H groups in total. The average molecular weight is 234 g/mol. The molecule has 2 aromatic heterocycles. The van der Waals surface area contributed by atoms with Crippen molar-refractivity contribution in [3.63, 3.8) is 0 Å². The van der Waals surface area contributed by atoms with Crippen molar-refractivity contribution >= 4 is 11.6 Å². The Labute approximate surface area is 96.6 Å². The number of carboxylic acid groups (broad SMARTS) is 1. The predicted octanol–water partition coefficient (Wildman–Crippen LogP) is 0.450. The van der Waals surface area contributed by atoms with E-state index in [2.05, 4.69) is 10.1 Å². The maximum absolute atomic E-state index is 10.6. The summed E-state index contributed by atoms with van der Waals surface area (Å²) in [6.07, 6.45) is 2.60. The minimum Gasteiger partial charge on any atom is -0.478 e. The maximum Gasteiger partial charge on any atom is 0.338 e. The largest absolute Gasteiger partial charge is 0.478 e. The Morgan fingerprint density at radius 3 is 2.82 bits per heavy atom. The number of nitriles is 1. The van der Waals surface area contributed by atoms with Gasteiger partial charge in [0.25, 0.3) is 0 Å². The zero-order valence-electron chi connectivity index (χ0n) is 9.03. The SMILES string of the molecule is CC#N.O=C(O)c1cnc2cc(CO)nn2c1. The molecule has 0 bridgehead atoms. The lowest BCUT2D eigenvalue weighted by atomic mass is 10.3. The van der Waals surface area contributed by atoms with Crippen molar-refractivity contribution in [2.75, 3.05) is 0 Å². The highest BCUT2D eigenvalue weighted by Crippen LogP contribution is 2.05. The number of hydrogen-bond donors (Lipinski definition) is 2. The first kappa shape index (κ1) is 12.6. The van der Waals surface area contributed by atoms with Crippen LogP contribution in [0, 0.1) is 11.3 Å². The monoisotopic (exact) mass is 234 g/mol. The van der Waals surface area contributed by atoms with E-state index in [0.717, 1.165) is 0 Å². The molecule has 0 aliphatic carbocycles. The predicted molar refractivity (Wildman–Crippen MR) is 57.2 cm³/mol. The Morgan fingerprint density at radius 2 is 2.29 bits per heavy atom. The van der Waals surface area contributed by atoms with E-state index in [-0.39, 0.29) is 12.2 Å². The lowest BCUT2D eigenvalue weighted by Crippen LogP contribution is -2.01. The second-order valence-electron chi connectivity index (χ2n) is 2.97. The Balaban J connectivity index is 0.000000437. The van der Waals surface area contributed by atoms with Crippen molar-refractivity contribution in [1.29, 1.82) is 5.26 Å². The third-order valence-electron chi connectivity index (χ3n) is 1.77. The Morgan fingerprint density at radius 1 is 1.65 bits per heavy atom. The Hall–Kier alpha value is -2.46. The molecule has 0 unspecified atom stereocenters. The normalized spacial score (nSPS) is 9.24. The first-order chi connectivity index (χ1) is 8.12. The number of aromatic carboxylic acids is 1. The zero-order chi connectivity index (χ0) is 12.8. The maximum atomic E-state index is 10.6. The molecule has 0 saturated heterocycles. The van der Waals surface area contributed by atoms with Crippen LogP contribution in [0.4, 0.5) is 0 Å². The van der Waals surface area contributed by atoms with Crippen LogP contribution in [0.25, 0.3) is 5.65 Å². The minimum atomic E-state index is -1.06. The molecule has 0 aliphatic heterocycles. The number of nitrogens with zero attached hydrogens (tertiary/aromatic N) is 4. The van der Waals surface area contributed by atoms with Gasteiger partial charge >= 0.3 is 5.97 Å². The van der Waals surface area contributed by atoms with E-state index in [1.54, 1.807) is 12.1 Å². The highest BCUT2D eigenvalue weighted by Gasteiger charge is 2.06. The summed E-state index contributed by atoms with van der Waals surface area (Å²) < 4.78 is 1.33. The molecule has 17 heavy (non-hydrogen) atoms. The molecule has 2 heterocycles. The molecule has 2 rings (SSSR count). The van der Waals surface area contributed by atoms with Gasteiger partial charge in [-0.25, -0.2) is 14.3 Å². The summed E-state index contributed by atoms with van der Waals surface area (Å²) in [6.45, 7) is 1.24. The van der Waals surface area contributed by atoms with E-state index in [0.29, 0.717) is 11.3 Å². The number of aliphatic hydroxyl groups excluding tert-OH is 1. The van der Waals surface area contributed by atoms with Crippen LogP contribution >= 0.6 is 0 Å². The topological polar surface area (TPSA) is 112 Å². The molecule has 0 radical (unpaired) electrons. The van der Waals surface area contributed by atoms with Crippen molar-refractivity contribution in [2.45, 2.75) is 13.5 Å². The third-order valence-corrected chi connectivity index (χ3v) is 1.77. The van der Waals surface area contributed by atoms with Gasteiger partial charge in [-0.1, -0.05) is 0 Å². The summed E-state index contributed by atoms with van der Waals surface area (Å²) in [5.74, 6) is -1.06. The second kappa shape index (κ2) is 5.58. The van der Waals surface area contributed by atoms with Crippen LogP contribution in [0.1, 0.15) is 23.0 Å². The van der Waals surface area contributed by atoms with Gasteiger partial charge < -0.3 is 10.2 Å². The molecule has 0 aromatic carbocycles. The van der Waals surface area contributed by atoms with Crippen LogP contribution in [0.15, 0.2) is 18.5 Å². The van der Waals surface area contributed by atoms with Gasteiger partial charge in [0.05, 0.1) is 23.9 Å². The van der Waals surface area contributed by atoms with Gasteiger partial charge in [-0.15, -0.1) is 0 Å². The van der Waals surface area contributed by atoms with Gasteiger partial charge in [-0.3, -0.25) is 0 Å². The lowest BCUT2D eigenvalue weighted by Gasteiger charge is -1.94. The van der Waals surface area contributed by atoms with E-state index < -0.39 is 5.97 Å². The fourth-order valence-electron chi connectivity index (χ4n) is 1.11. The van der Waals surface area contributed by atoms with Crippen molar-refractivity contribution in [2.24, 2.45) is 0 Å². The molecule has 0 spiro atoms. The van der Waals surface area contributed by atoms with Crippen molar-refractivity contribution in [3.05, 3.63) is 29.7 Å². The molecule has 0 aliphatic rings. The lowest BCUT2D eigenvalue weighted by molar-refractivity contribution is 0.0695. The number of carboxylic acids is 1. The van der Waals surface area contributed by atoms with E-state index in [4.69, 9.17) is 15.5 Å². The van der Waals surface area contributed by atoms with Gasteiger partial charge in [0.2, 0.25) is 0 Å². The standard InChI is InChI=1S/C8H7N3O3.C2H3N/c12-4-6-1-7-9-2-5(8(13)14)3-11(7)10-6;1-2-3/h1-3,12H,4H2,(H,13,14);1H3. The van der Waals surface area contributed by atoms with Gasteiger partial charge in [0.15, 0.2) is 5.65 Å². The number of carbonyl (C=O) groups is 1. The van der Waals surface area contributed by atoms with Crippen molar-refractivity contribution in [1.82, 2.24) is 14.6 Å². The second-order valence-corrected chi connectivity index (χ2v) is 2.97. The molecule has 7 heteroatoms. The number of fused-ring (bicyclic) bond motifs is 1. The molecule has 0 saturated carbocycles. The van der Waals surface area contributed by atoms with Gasteiger partial charge in [-0.05, 0) is 0 Å². The van der Waals surface area contributed by atoms with E-state index in [9.17, 15) is 4.79 Å². The van der Waals surface area contributed by atoms with Gasteiger partial charge in [0.1, 0.15) is 0 Å².